The summed E-state index contributed by atoms with van der Waals surface area (Å²) in [7, 11) is 0. The monoisotopic (exact) mass is 131 g/mol. The summed E-state index contributed by atoms with van der Waals surface area (Å²) in [4.78, 5) is 0. The standard InChI is InChI=1S/C2H3N.5H2O/c1-2-3;;;;;/h1H3;5*1H2. The molecule has 10 N–H and O–H groups in total. The Labute approximate surface area is 46.9 Å². The first-order valence-electron chi connectivity index (χ1n) is 0.724. The van der Waals surface area contributed by atoms with E-state index in [0.29, 0.717) is 0 Å². The van der Waals surface area contributed by atoms with Crippen molar-refractivity contribution in [1.82, 2.24) is 0 Å². The van der Waals surface area contributed by atoms with E-state index in [9.17, 15) is 0 Å². The van der Waals surface area contributed by atoms with Crippen molar-refractivity contribution in [3.8, 4) is 6.07 Å². The highest BCUT2D eigenvalue weighted by Crippen LogP contribution is 1.21. The topological polar surface area (TPSA) is 181 Å². The van der Waals surface area contributed by atoms with Gasteiger partial charge in [-0.25, -0.2) is 0 Å². The highest BCUT2D eigenvalue weighted by molar-refractivity contribution is 4.51. The van der Waals surface area contributed by atoms with Crippen LogP contribution < -0.4 is 0 Å². The molecule has 8 heavy (non-hydrogen) atoms. The summed E-state index contributed by atoms with van der Waals surface area (Å²) in [5.41, 5.74) is 0. The van der Waals surface area contributed by atoms with Crippen molar-refractivity contribution in [3.63, 3.8) is 0 Å². The van der Waals surface area contributed by atoms with Crippen molar-refractivity contribution in [2.24, 2.45) is 0 Å². The molecule has 0 saturated carbocycles. The van der Waals surface area contributed by atoms with E-state index in [0.717, 1.165) is 0 Å². The van der Waals surface area contributed by atoms with Gasteiger partial charge in [0.05, 0.1) is 6.07 Å². The number of hydrogen-bond acceptors (Lipinski definition) is 1. The smallest absolute Gasteiger partial charge is 0.0587 e. The second-order valence-corrected chi connectivity index (χ2v) is 0.224. The molecule has 0 aliphatic rings. The molecular formula is C2H13NO5. The zero-order chi connectivity index (χ0) is 2.71. The van der Waals surface area contributed by atoms with Gasteiger partial charge in [0.1, 0.15) is 0 Å². The van der Waals surface area contributed by atoms with Crippen LogP contribution in [0.15, 0.2) is 0 Å². The van der Waals surface area contributed by atoms with Crippen LogP contribution in [0.4, 0.5) is 0 Å². The summed E-state index contributed by atoms with van der Waals surface area (Å²) >= 11 is 0. The van der Waals surface area contributed by atoms with Crippen LogP contribution in [0, 0.1) is 11.3 Å². The fourth-order valence-corrected chi connectivity index (χ4v) is 0. The van der Waals surface area contributed by atoms with E-state index >= 15 is 0 Å². The quantitative estimate of drug-likeness (QED) is 0.323. The molecule has 0 aromatic heterocycles. The molecule has 0 fully saturated rings. The minimum Gasteiger partial charge on any atom is -0.412 e. The zero-order valence-electron chi connectivity index (χ0n) is 4.45. The Morgan fingerprint density at radius 3 is 0.875 bits per heavy atom. The Morgan fingerprint density at radius 1 is 0.875 bits per heavy atom. The van der Waals surface area contributed by atoms with Crippen LogP contribution in [0.5, 0.6) is 0 Å². The Bertz CT molecular complexity index is 31.9. The van der Waals surface area contributed by atoms with Gasteiger partial charge in [-0.15, -0.1) is 0 Å². The zero-order valence-corrected chi connectivity index (χ0v) is 4.45. The van der Waals surface area contributed by atoms with E-state index in [-0.39, 0.29) is 27.4 Å². The molecule has 0 heterocycles. The highest BCUT2D eigenvalue weighted by atomic mass is 16.0. The van der Waals surface area contributed by atoms with Crippen LogP contribution in [0.1, 0.15) is 6.92 Å². The SMILES string of the molecule is CC#N.O.O.O.O.O. The molecule has 0 amide bonds. The minimum atomic E-state index is 0. The molecule has 0 bridgehead atoms. The van der Waals surface area contributed by atoms with Crippen LogP contribution in [0.2, 0.25) is 0 Å². The molecule has 0 spiro atoms. The molecule has 0 aliphatic carbocycles. The number of nitrogens with zero attached hydrogens (tertiary/aromatic N) is 1. The largest absolute Gasteiger partial charge is 0.412 e. The lowest BCUT2D eigenvalue weighted by molar-refractivity contribution is 0.823. The average Bonchev–Trinajstić information content (AvgIpc) is 0.918. The third kappa shape index (κ3) is 193. The molecule has 0 aromatic rings. The Kier molecular flexibility index (Phi) is 45300. The molecule has 0 saturated heterocycles. The van der Waals surface area contributed by atoms with Crippen LogP contribution >= 0.6 is 0 Å². The lowest BCUT2D eigenvalue weighted by Crippen LogP contribution is -1.10. The Balaban J connectivity index is -0.00000000200. The van der Waals surface area contributed by atoms with Gasteiger partial charge < -0.3 is 27.4 Å². The van der Waals surface area contributed by atoms with Crippen molar-refractivity contribution in [2.45, 2.75) is 6.92 Å². The maximum atomic E-state index is 7.32. The summed E-state index contributed by atoms with van der Waals surface area (Å²) in [5.74, 6) is 0. The molecule has 6 nitrogen and oxygen atoms in total. The molecular weight excluding hydrogens is 118 g/mol. The van der Waals surface area contributed by atoms with Gasteiger partial charge in [-0.3, -0.25) is 0 Å². The lowest BCUT2D eigenvalue weighted by Gasteiger charge is -1.15. The van der Waals surface area contributed by atoms with E-state index in [4.69, 9.17) is 5.26 Å². The Morgan fingerprint density at radius 2 is 0.875 bits per heavy atom. The van der Waals surface area contributed by atoms with Crippen LogP contribution in [-0.4, -0.2) is 27.4 Å². The maximum Gasteiger partial charge on any atom is 0.0587 e. The lowest BCUT2D eigenvalue weighted by atomic mass is 11.0. The second-order valence-electron chi connectivity index (χ2n) is 0.224. The first-order chi connectivity index (χ1) is 1.41. The normalized spacial score (nSPS) is 1.00. The van der Waals surface area contributed by atoms with Gasteiger partial charge in [0.2, 0.25) is 0 Å². The van der Waals surface area contributed by atoms with Crippen LogP contribution in [0.25, 0.3) is 0 Å². The molecule has 0 rings (SSSR count). The van der Waals surface area contributed by atoms with E-state index in [1.807, 2.05) is 0 Å². The second kappa shape index (κ2) is 2090. The van der Waals surface area contributed by atoms with E-state index in [1.54, 1.807) is 6.07 Å². The summed E-state index contributed by atoms with van der Waals surface area (Å²) < 4.78 is 0. The van der Waals surface area contributed by atoms with E-state index in [2.05, 4.69) is 0 Å². The van der Waals surface area contributed by atoms with Gasteiger partial charge in [0, 0.05) is 6.92 Å². The predicted octanol–water partition coefficient (Wildman–Crippen LogP) is -3.59. The van der Waals surface area contributed by atoms with Crippen molar-refractivity contribution in [2.75, 3.05) is 0 Å². The first-order valence-corrected chi connectivity index (χ1v) is 0.724. The average molecular weight is 131 g/mol. The van der Waals surface area contributed by atoms with E-state index in [1.165, 1.54) is 6.92 Å². The summed E-state index contributed by atoms with van der Waals surface area (Å²) in [6.45, 7) is 1.43. The Hall–Kier alpha value is -0.710. The molecule has 0 aromatic carbocycles. The maximum absolute atomic E-state index is 7.32. The van der Waals surface area contributed by atoms with Crippen molar-refractivity contribution in [3.05, 3.63) is 0 Å². The minimum absolute atomic E-state index is 0. The summed E-state index contributed by atoms with van der Waals surface area (Å²) in [5, 5.41) is 7.32. The van der Waals surface area contributed by atoms with Crippen molar-refractivity contribution < 1.29 is 27.4 Å². The molecule has 0 atom stereocenters. The highest BCUT2D eigenvalue weighted by Gasteiger charge is 1.17. The summed E-state index contributed by atoms with van der Waals surface area (Å²) in [6, 6.07) is 1.75. The molecule has 6 heteroatoms. The van der Waals surface area contributed by atoms with Gasteiger partial charge >= 0.3 is 0 Å². The molecule has 0 aliphatic heterocycles. The van der Waals surface area contributed by atoms with Gasteiger partial charge in [-0.1, -0.05) is 0 Å². The van der Waals surface area contributed by atoms with Gasteiger partial charge in [0.15, 0.2) is 0 Å². The van der Waals surface area contributed by atoms with Gasteiger partial charge in [-0.05, 0) is 0 Å². The van der Waals surface area contributed by atoms with E-state index < -0.39 is 0 Å². The van der Waals surface area contributed by atoms with Gasteiger partial charge in [0.25, 0.3) is 0 Å². The van der Waals surface area contributed by atoms with Crippen molar-refractivity contribution >= 4 is 0 Å². The number of rotatable bonds is 0. The molecule has 0 radical (unpaired) electrons. The molecule has 0 unspecified atom stereocenters. The van der Waals surface area contributed by atoms with Gasteiger partial charge in [-0.2, -0.15) is 5.26 Å². The van der Waals surface area contributed by atoms with Crippen molar-refractivity contribution in [1.29, 1.82) is 5.26 Å². The van der Waals surface area contributed by atoms with Crippen LogP contribution in [0.3, 0.4) is 0 Å². The fraction of sp³-hybridized carbons (Fsp3) is 0.500. The third-order valence-electron chi connectivity index (χ3n) is 0. The first kappa shape index (κ1) is 173. The number of nitriles is 1. The predicted molar refractivity (Wildman–Crippen MR) is 29.4 cm³/mol. The molecule has 56 valence electrons. The number of hydrogen-bond donors (Lipinski definition) is 0. The summed E-state index contributed by atoms with van der Waals surface area (Å²) in [6.07, 6.45) is 0. The van der Waals surface area contributed by atoms with Crippen LogP contribution in [-0.2, 0) is 0 Å². The third-order valence-corrected chi connectivity index (χ3v) is 0. The fourth-order valence-electron chi connectivity index (χ4n) is 0.